The quantitative estimate of drug-likeness (QED) is 0.942. The van der Waals surface area contributed by atoms with Gasteiger partial charge in [-0.2, -0.15) is 0 Å². The van der Waals surface area contributed by atoms with Crippen molar-refractivity contribution in [2.24, 2.45) is 0 Å². The minimum absolute atomic E-state index is 0.282. The van der Waals surface area contributed by atoms with Crippen LogP contribution in [0.25, 0.3) is 0 Å². The second-order valence-corrected chi connectivity index (χ2v) is 5.59. The fraction of sp³-hybridized carbons (Fsp3) is 0.0833. The molecular weight excluding hydrogens is 274 g/mol. The maximum absolute atomic E-state index is 13.3. The molecule has 4 nitrogen and oxygen atoms in total. The van der Waals surface area contributed by atoms with Crippen molar-refractivity contribution in [3.63, 3.8) is 0 Å². The van der Waals surface area contributed by atoms with Crippen LogP contribution in [0.3, 0.4) is 0 Å². The number of benzene rings is 1. The number of hydrogen-bond donors (Lipinski definition) is 1. The highest BCUT2D eigenvalue weighted by Crippen LogP contribution is 2.18. The Morgan fingerprint density at radius 1 is 1.21 bits per heavy atom. The second kappa shape index (κ2) is 4.93. The predicted octanol–water partition coefficient (Wildman–Crippen LogP) is 2.47. The van der Waals surface area contributed by atoms with Crippen LogP contribution in [0, 0.1) is 18.6 Å². The zero-order valence-electron chi connectivity index (χ0n) is 9.89. The number of hydrogen-bond acceptors (Lipinski definition) is 3. The number of rotatable bonds is 3. The van der Waals surface area contributed by atoms with Gasteiger partial charge in [-0.05, 0) is 42.8 Å². The van der Waals surface area contributed by atoms with Gasteiger partial charge in [-0.1, -0.05) is 0 Å². The van der Waals surface area contributed by atoms with Gasteiger partial charge >= 0.3 is 0 Å². The molecule has 0 amide bonds. The van der Waals surface area contributed by atoms with Gasteiger partial charge in [0.15, 0.2) is 11.6 Å². The summed E-state index contributed by atoms with van der Waals surface area (Å²) < 4.78 is 52.4. The van der Waals surface area contributed by atoms with Gasteiger partial charge in [0.1, 0.15) is 5.82 Å². The summed E-state index contributed by atoms with van der Waals surface area (Å²) in [5.41, 5.74) is 0.446. The lowest BCUT2D eigenvalue weighted by molar-refractivity contribution is 0.592. The first-order valence-electron chi connectivity index (χ1n) is 5.29. The van der Waals surface area contributed by atoms with Crippen molar-refractivity contribution in [1.82, 2.24) is 4.98 Å². The van der Waals surface area contributed by atoms with Crippen LogP contribution in [0.15, 0.2) is 41.4 Å². The Morgan fingerprint density at radius 3 is 2.58 bits per heavy atom. The first kappa shape index (κ1) is 13.4. The Labute approximate surface area is 109 Å². The number of nitrogens with one attached hydrogen (secondary N) is 1. The van der Waals surface area contributed by atoms with Gasteiger partial charge in [0.05, 0.1) is 4.90 Å². The number of pyridine rings is 1. The maximum Gasteiger partial charge on any atom is 0.263 e. The Bertz CT molecular complexity index is 697. The van der Waals surface area contributed by atoms with Crippen LogP contribution in [0.2, 0.25) is 0 Å². The van der Waals surface area contributed by atoms with Crippen LogP contribution < -0.4 is 4.72 Å². The number of nitrogens with zero attached hydrogens (tertiary/aromatic N) is 1. The van der Waals surface area contributed by atoms with E-state index in [0.29, 0.717) is 5.56 Å². The van der Waals surface area contributed by atoms with Crippen LogP contribution in [0.5, 0.6) is 0 Å². The monoisotopic (exact) mass is 284 g/mol. The summed E-state index contributed by atoms with van der Waals surface area (Å²) in [4.78, 5) is 3.29. The molecule has 2 aromatic rings. The molecule has 1 aromatic carbocycles. The van der Waals surface area contributed by atoms with Gasteiger partial charge in [-0.3, -0.25) is 4.72 Å². The minimum Gasteiger partial charge on any atom is -0.261 e. The maximum atomic E-state index is 13.3. The molecule has 0 aliphatic carbocycles. The van der Waals surface area contributed by atoms with E-state index in [1.807, 2.05) is 4.72 Å². The van der Waals surface area contributed by atoms with Crippen molar-refractivity contribution in [2.75, 3.05) is 4.72 Å². The van der Waals surface area contributed by atoms with E-state index in [4.69, 9.17) is 0 Å². The topological polar surface area (TPSA) is 59.1 Å². The van der Waals surface area contributed by atoms with Crippen LogP contribution in [-0.2, 0) is 10.0 Å². The van der Waals surface area contributed by atoms with Gasteiger partial charge in [-0.15, -0.1) is 0 Å². The number of aryl methyl sites for hydroxylation is 1. The van der Waals surface area contributed by atoms with Crippen LogP contribution in [-0.4, -0.2) is 13.4 Å². The highest BCUT2D eigenvalue weighted by atomic mass is 32.2. The number of anilines is 1. The van der Waals surface area contributed by atoms with E-state index in [9.17, 15) is 17.2 Å². The predicted molar refractivity (Wildman–Crippen MR) is 66.1 cm³/mol. The van der Waals surface area contributed by atoms with E-state index >= 15 is 0 Å². The van der Waals surface area contributed by atoms with Crippen molar-refractivity contribution in [1.29, 1.82) is 0 Å². The van der Waals surface area contributed by atoms with Crippen LogP contribution in [0.4, 0.5) is 14.6 Å². The molecule has 7 heteroatoms. The molecule has 1 N–H and O–H groups in total. The average molecular weight is 284 g/mol. The molecule has 0 aliphatic rings. The fourth-order valence-corrected chi connectivity index (χ4v) is 2.64. The van der Waals surface area contributed by atoms with E-state index in [-0.39, 0.29) is 4.90 Å². The van der Waals surface area contributed by atoms with Crippen LogP contribution in [0.1, 0.15) is 5.56 Å². The highest BCUT2D eigenvalue weighted by molar-refractivity contribution is 7.92. The first-order chi connectivity index (χ1) is 8.88. The average Bonchev–Trinajstić information content (AvgIpc) is 2.31. The van der Waals surface area contributed by atoms with E-state index in [0.717, 1.165) is 12.1 Å². The van der Waals surface area contributed by atoms with Crippen molar-refractivity contribution < 1.29 is 17.2 Å². The van der Waals surface area contributed by atoms with E-state index < -0.39 is 27.5 Å². The fourth-order valence-electron chi connectivity index (χ4n) is 1.50. The summed E-state index contributed by atoms with van der Waals surface area (Å²) in [7, 11) is -4.07. The highest BCUT2D eigenvalue weighted by Gasteiger charge is 2.18. The molecular formula is C12H10F2N2O2S. The third-order valence-corrected chi connectivity index (χ3v) is 3.63. The van der Waals surface area contributed by atoms with Crippen molar-refractivity contribution in [2.45, 2.75) is 11.8 Å². The second-order valence-electron chi connectivity index (χ2n) is 3.90. The first-order valence-corrected chi connectivity index (χ1v) is 6.77. The molecule has 19 heavy (non-hydrogen) atoms. The molecule has 100 valence electrons. The Hall–Kier alpha value is -2.02. The smallest absolute Gasteiger partial charge is 0.261 e. The Balaban J connectivity index is 2.41. The lowest BCUT2D eigenvalue weighted by Crippen LogP contribution is -2.15. The SMILES string of the molecule is Cc1cc(F)cc(S(=O)(=O)Nc2ncccc2F)c1. The summed E-state index contributed by atoms with van der Waals surface area (Å²) in [6.45, 7) is 1.56. The van der Waals surface area contributed by atoms with Crippen molar-refractivity contribution in [3.05, 3.63) is 53.7 Å². The molecule has 0 radical (unpaired) electrons. The van der Waals surface area contributed by atoms with E-state index in [1.54, 1.807) is 6.92 Å². The molecule has 0 fully saturated rings. The normalized spacial score (nSPS) is 11.3. The molecule has 0 saturated heterocycles. The summed E-state index contributed by atoms with van der Waals surface area (Å²) >= 11 is 0. The molecule has 0 atom stereocenters. The van der Waals surface area contributed by atoms with Gasteiger partial charge in [0.2, 0.25) is 0 Å². The van der Waals surface area contributed by atoms with E-state index in [1.165, 1.54) is 24.4 Å². The Kier molecular flexibility index (Phi) is 3.48. The third kappa shape index (κ3) is 3.05. The molecule has 0 bridgehead atoms. The van der Waals surface area contributed by atoms with E-state index in [2.05, 4.69) is 4.98 Å². The summed E-state index contributed by atoms with van der Waals surface area (Å²) in [5.74, 6) is -1.91. The molecule has 0 saturated carbocycles. The number of aromatic nitrogens is 1. The van der Waals surface area contributed by atoms with Gasteiger partial charge in [0.25, 0.3) is 10.0 Å². The number of halogens is 2. The molecule has 0 spiro atoms. The molecule has 1 heterocycles. The Morgan fingerprint density at radius 2 is 1.95 bits per heavy atom. The van der Waals surface area contributed by atoms with Crippen LogP contribution >= 0.6 is 0 Å². The number of sulfonamides is 1. The molecule has 1 aromatic heterocycles. The molecule has 0 unspecified atom stereocenters. The van der Waals surface area contributed by atoms with Crippen molar-refractivity contribution in [3.8, 4) is 0 Å². The third-order valence-electron chi connectivity index (χ3n) is 2.32. The lowest BCUT2D eigenvalue weighted by atomic mass is 10.2. The van der Waals surface area contributed by atoms with Gasteiger partial charge < -0.3 is 0 Å². The van der Waals surface area contributed by atoms with Crippen molar-refractivity contribution >= 4 is 15.8 Å². The van der Waals surface area contributed by atoms with Gasteiger partial charge in [-0.25, -0.2) is 22.2 Å². The zero-order chi connectivity index (χ0) is 14.0. The summed E-state index contributed by atoms with van der Waals surface area (Å²) in [6.07, 6.45) is 1.25. The standard InChI is InChI=1S/C12H10F2N2O2S/c1-8-5-9(13)7-10(6-8)19(17,18)16-12-11(14)3-2-4-15-12/h2-7H,1H3,(H,15,16). The lowest BCUT2D eigenvalue weighted by Gasteiger charge is -2.08. The largest absolute Gasteiger partial charge is 0.263 e. The van der Waals surface area contributed by atoms with Gasteiger partial charge in [0, 0.05) is 6.20 Å². The molecule has 2 rings (SSSR count). The zero-order valence-corrected chi connectivity index (χ0v) is 10.7. The summed E-state index contributed by atoms with van der Waals surface area (Å²) in [5, 5.41) is 0. The summed E-state index contributed by atoms with van der Waals surface area (Å²) in [6, 6.07) is 5.74. The minimum atomic E-state index is -4.07. The molecule has 0 aliphatic heterocycles.